The number of carbonyl (C=O) groups is 1. The summed E-state index contributed by atoms with van der Waals surface area (Å²) < 4.78 is 3.17. The quantitative estimate of drug-likeness (QED) is 0.250. The first-order chi connectivity index (χ1) is 15.4. The van der Waals surface area contributed by atoms with Crippen molar-refractivity contribution in [3.8, 4) is 0 Å². The van der Waals surface area contributed by atoms with Gasteiger partial charge in [-0.25, -0.2) is 9.97 Å². The van der Waals surface area contributed by atoms with Crippen LogP contribution in [-0.4, -0.2) is 32.2 Å². The SMILES string of the molecule is Cc1cc(C)c2sc(N(CCCn3ccnc3)C(=O)c3ccc(SC(C)C)cc3)nc2c1.Cl. The van der Waals surface area contributed by atoms with Gasteiger partial charge in [0, 0.05) is 41.2 Å². The molecule has 4 aromatic rings. The highest BCUT2D eigenvalue weighted by atomic mass is 35.5. The highest BCUT2D eigenvalue weighted by Gasteiger charge is 2.22. The smallest absolute Gasteiger partial charge is 0.260 e. The number of fused-ring (bicyclic) bond motifs is 1. The number of benzene rings is 2. The number of carbonyl (C=O) groups excluding carboxylic acids is 1. The van der Waals surface area contributed by atoms with Gasteiger partial charge in [0.2, 0.25) is 0 Å². The predicted octanol–water partition coefficient (Wildman–Crippen LogP) is 6.77. The van der Waals surface area contributed by atoms with E-state index in [9.17, 15) is 4.79 Å². The Kier molecular flexibility index (Phi) is 8.57. The summed E-state index contributed by atoms with van der Waals surface area (Å²) in [7, 11) is 0. The van der Waals surface area contributed by atoms with E-state index in [4.69, 9.17) is 4.98 Å². The van der Waals surface area contributed by atoms with Crippen LogP contribution in [0.2, 0.25) is 0 Å². The van der Waals surface area contributed by atoms with Crippen molar-refractivity contribution in [3.63, 3.8) is 0 Å². The molecule has 4 rings (SSSR count). The van der Waals surface area contributed by atoms with E-state index in [-0.39, 0.29) is 18.3 Å². The van der Waals surface area contributed by atoms with Crippen LogP contribution in [0.4, 0.5) is 5.13 Å². The Morgan fingerprint density at radius 3 is 2.61 bits per heavy atom. The van der Waals surface area contributed by atoms with Gasteiger partial charge >= 0.3 is 0 Å². The van der Waals surface area contributed by atoms with Gasteiger partial charge in [0.05, 0.1) is 16.5 Å². The number of aromatic nitrogens is 3. The first kappa shape index (κ1) is 25.3. The second-order valence-electron chi connectivity index (χ2n) is 8.23. The summed E-state index contributed by atoms with van der Waals surface area (Å²) in [6, 6.07) is 12.2. The largest absolute Gasteiger partial charge is 0.337 e. The van der Waals surface area contributed by atoms with Crippen molar-refractivity contribution < 1.29 is 4.79 Å². The molecule has 0 unspecified atom stereocenters. The standard InChI is InChI=1S/C25H28N4OS2.ClH/c1-17(2)31-21-8-6-20(7-9-21)24(30)29(12-5-11-28-13-10-26-16-28)25-27-22-15-18(3)14-19(4)23(22)32-25;/h6-10,13-17H,5,11-12H2,1-4H3;1H. The molecule has 0 spiro atoms. The fourth-order valence-electron chi connectivity index (χ4n) is 3.70. The minimum absolute atomic E-state index is 0. The Balaban J connectivity index is 0.00000306. The molecule has 0 saturated carbocycles. The molecule has 0 N–H and O–H groups in total. The Morgan fingerprint density at radius 2 is 1.94 bits per heavy atom. The van der Waals surface area contributed by atoms with Crippen LogP contribution >= 0.6 is 35.5 Å². The summed E-state index contributed by atoms with van der Waals surface area (Å²) in [4.78, 5) is 25.5. The molecule has 0 atom stereocenters. The third-order valence-corrected chi connectivity index (χ3v) is 7.36. The van der Waals surface area contributed by atoms with Crippen LogP contribution in [0.1, 0.15) is 41.8 Å². The van der Waals surface area contributed by atoms with Gasteiger partial charge in [-0.15, -0.1) is 24.2 Å². The van der Waals surface area contributed by atoms with Crippen LogP contribution in [-0.2, 0) is 6.54 Å². The van der Waals surface area contributed by atoms with Crippen molar-refractivity contribution in [2.75, 3.05) is 11.4 Å². The number of imidazole rings is 1. The summed E-state index contributed by atoms with van der Waals surface area (Å²) in [5.41, 5.74) is 4.03. The molecule has 5 nitrogen and oxygen atoms in total. The maximum absolute atomic E-state index is 13.6. The molecule has 1 amide bonds. The summed E-state index contributed by atoms with van der Waals surface area (Å²) >= 11 is 3.39. The van der Waals surface area contributed by atoms with Crippen molar-refractivity contribution in [2.24, 2.45) is 0 Å². The van der Waals surface area contributed by atoms with Gasteiger partial charge in [0.1, 0.15) is 0 Å². The van der Waals surface area contributed by atoms with Crippen molar-refractivity contribution in [1.29, 1.82) is 0 Å². The minimum Gasteiger partial charge on any atom is -0.337 e. The van der Waals surface area contributed by atoms with E-state index >= 15 is 0 Å². The average Bonchev–Trinajstić information content (AvgIpc) is 3.41. The number of halogens is 1. The molecule has 0 bridgehead atoms. The van der Waals surface area contributed by atoms with Gasteiger partial charge in [0.25, 0.3) is 5.91 Å². The first-order valence-corrected chi connectivity index (χ1v) is 12.5. The van der Waals surface area contributed by atoms with Crippen LogP contribution in [0, 0.1) is 13.8 Å². The van der Waals surface area contributed by atoms with Crippen LogP contribution in [0.3, 0.4) is 0 Å². The third-order valence-electron chi connectivity index (χ3n) is 5.12. The lowest BCUT2D eigenvalue weighted by atomic mass is 10.1. The van der Waals surface area contributed by atoms with E-state index in [1.165, 1.54) is 16.0 Å². The fourth-order valence-corrected chi connectivity index (χ4v) is 5.58. The first-order valence-electron chi connectivity index (χ1n) is 10.8. The third kappa shape index (κ3) is 6.16. The number of rotatable bonds is 8. The van der Waals surface area contributed by atoms with Crippen molar-refractivity contribution in [1.82, 2.24) is 14.5 Å². The highest BCUT2D eigenvalue weighted by Crippen LogP contribution is 2.33. The Labute approximate surface area is 209 Å². The molecule has 0 radical (unpaired) electrons. The van der Waals surface area contributed by atoms with E-state index in [2.05, 4.69) is 44.8 Å². The topological polar surface area (TPSA) is 51.0 Å². The maximum atomic E-state index is 13.6. The maximum Gasteiger partial charge on any atom is 0.260 e. The number of hydrogen-bond acceptors (Lipinski definition) is 5. The lowest BCUT2D eigenvalue weighted by Crippen LogP contribution is -2.32. The molecule has 0 aliphatic rings. The van der Waals surface area contributed by atoms with Gasteiger partial charge in [-0.05, 0) is 61.7 Å². The number of amides is 1. The normalized spacial score (nSPS) is 11.1. The molecule has 2 aromatic carbocycles. The van der Waals surface area contributed by atoms with Gasteiger partial charge in [-0.3, -0.25) is 9.69 Å². The molecule has 0 fully saturated rings. The van der Waals surface area contributed by atoms with Crippen molar-refractivity contribution in [3.05, 3.63) is 71.8 Å². The van der Waals surface area contributed by atoms with Crippen molar-refractivity contribution in [2.45, 2.75) is 50.8 Å². The van der Waals surface area contributed by atoms with Crippen LogP contribution < -0.4 is 4.90 Å². The van der Waals surface area contributed by atoms with E-state index in [0.717, 1.165) is 28.3 Å². The lowest BCUT2D eigenvalue weighted by molar-refractivity contribution is 0.0986. The molecular weight excluding hydrogens is 472 g/mol. The van der Waals surface area contributed by atoms with Gasteiger partial charge in [-0.1, -0.05) is 31.3 Å². The Morgan fingerprint density at radius 1 is 1.18 bits per heavy atom. The fraction of sp³-hybridized carbons (Fsp3) is 0.320. The van der Waals surface area contributed by atoms with Crippen LogP contribution in [0.5, 0.6) is 0 Å². The molecule has 8 heteroatoms. The van der Waals surface area contributed by atoms with Gasteiger partial charge < -0.3 is 4.57 Å². The predicted molar refractivity (Wildman–Crippen MR) is 142 cm³/mol. The molecule has 0 saturated heterocycles. The number of nitrogens with zero attached hydrogens (tertiary/aromatic N) is 4. The van der Waals surface area contributed by atoms with Gasteiger partial charge in [0.15, 0.2) is 5.13 Å². The summed E-state index contributed by atoms with van der Waals surface area (Å²) in [6.45, 7) is 9.92. The second kappa shape index (κ2) is 11.2. The highest BCUT2D eigenvalue weighted by molar-refractivity contribution is 7.99. The zero-order chi connectivity index (χ0) is 22.7. The number of anilines is 1. The molecule has 2 aromatic heterocycles. The molecule has 0 aliphatic carbocycles. The van der Waals surface area contributed by atoms with Crippen LogP contribution in [0.25, 0.3) is 10.2 Å². The minimum atomic E-state index is -0.00911. The Hall–Kier alpha value is -2.35. The second-order valence-corrected chi connectivity index (χ2v) is 10.9. The summed E-state index contributed by atoms with van der Waals surface area (Å²) in [5, 5.41) is 1.26. The van der Waals surface area contributed by atoms with E-state index < -0.39 is 0 Å². The number of aryl methyl sites for hydroxylation is 3. The van der Waals surface area contributed by atoms with Gasteiger partial charge in [-0.2, -0.15) is 0 Å². The average molecular weight is 501 g/mol. The summed E-state index contributed by atoms with van der Waals surface area (Å²) in [5.74, 6) is -0.00911. The number of thioether (sulfide) groups is 1. The lowest BCUT2D eigenvalue weighted by Gasteiger charge is -2.20. The van der Waals surface area contributed by atoms with E-state index in [0.29, 0.717) is 17.4 Å². The monoisotopic (exact) mass is 500 g/mol. The number of hydrogen-bond donors (Lipinski definition) is 0. The molecular formula is C25H29ClN4OS2. The summed E-state index contributed by atoms with van der Waals surface area (Å²) in [6.07, 6.45) is 6.35. The zero-order valence-electron chi connectivity index (χ0n) is 19.3. The molecule has 174 valence electrons. The molecule has 0 aliphatic heterocycles. The number of thiazole rings is 1. The molecule has 33 heavy (non-hydrogen) atoms. The Bertz CT molecular complexity index is 1200. The zero-order valence-corrected chi connectivity index (χ0v) is 21.8. The molecule has 2 heterocycles. The van der Waals surface area contributed by atoms with Crippen LogP contribution in [0.15, 0.2) is 60.0 Å². The van der Waals surface area contributed by atoms with E-state index in [1.54, 1.807) is 35.6 Å². The van der Waals surface area contributed by atoms with Crippen molar-refractivity contribution >= 4 is 56.8 Å². The van der Waals surface area contributed by atoms with E-state index in [1.807, 2.05) is 39.9 Å².